The van der Waals surface area contributed by atoms with Crippen molar-refractivity contribution in [2.75, 3.05) is 0 Å². The molecule has 1 unspecified atom stereocenters. The van der Waals surface area contributed by atoms with Gasteiger partial charge in [-0.05, 0) is 46.5 Å². The van der Waals surface area contributed by atoms with Crippen LogP contribution in [0, 0.1) is 12.7 Å². The zero-order chi connectivity index (χ0) is 11.6. The Hall–Kier alpha value is -0.940. The number of aliphatic carboxylic acids is 1. The first-order valence-corrected chi connectivity index (χ1v) is 5.14. The summed E-state index contributed by atoms with van der Waals surface area (Å²) < 4.78 is 13.5. The predicted molar refractivity (Wildman–Crippen MR) is 58.2 cm³/mol. The Balaban J connectivity index is 2.92. The van der Waals surface area contributed by atoms with Crippen molar-refractivity contribution in [1.82, 2.24) is 0 Å². The molecule has 0 aromatic heterocycles. The van der Waals surface area contributed by atoms with Crippen LogP contribution < -0.4 is 5.73 Å². The molecule has 3 nitrogen and oxygen atoms in total. The standard InChI is InChI=1S/C10H11BrFNO2/c1-5-2-6(3-7(11)9(5)12)4-8(13)10(14)15/h2-3,8H,4,13H2,1H3,(H,14,15). The topological polar surface area (TPSA) is 63.3 Å². The molecule has 1 rings (SSSR count). The van der Waals surface area contributed by atoms with Crippen LogP contribution in [0.2, 0.25) is 0 Å². The van der Waals surface area contributed by atoms with Gasteiger partial charge in [-0.3, -0.25) is 4.79 Å². The Morgan fingerprint density at radius 3 is 2.73 bits per heavy atom. The Kier molecular flexibility index (Phi) is 3.82. The van der Waals surface area contributed by atoms with E-state index in [4.69, 9.17) is 10.8 Å². The van der Waals surface area contributed by atoms with Gasteiger partial charge in [-0.2, -0.15) is 0 Å². The number of rotatable bonds is 3. The molecular weight excluding hydrogens is 265 g/mol. The third-order valence-electron chi connectivity index (χ3n) is 2.04. The molecule has 0 radical (unpaired) electrons. The Labute approximate surface area is 95.2 Å². The van der Waals surface area contributed by atoms with Crippen molar-refractivity contribution in [3.8, 4) is 0 Å². The van der Waals surface area contributed by atoms with E-state index in [2.05, 4.69) is 15.9 Å². The highest BCUT2D eigenvalue weighted by Gasteiger charge is 2.14. The molecule has 0 heterocycles. The third-order valence-corrected chi connectivity index (χ3v) is 2.62. The van der Waals surface area contributed by atoms with Crippen molar-refractivity contribution in [2.24, 2.45) is 5.73 Å². The van der Waals surface area contributed by atoms with E-state index in [1.165, 1.54) is 0 Å². The molecule has 5 heteroatoms. The molecule has 0 fully saturated rings. The van der Waals surface area contributed by atoms with Gasteiger partial charge >= 0.3 is 5.97 Å². The van der Waals surface area contributed by atoms with Gasteiger partial charge in [0, 0.05) is 0 Å². The van der Waals surface area contributed by atoms with E-state index in [0.717, 1.165) is 0 Å². The number of benzene rings is 1. The number of carbonyl (C=O) groups is 1. The summed E-state index contributed by atoms with van der Waals surface area (Å²) in [7, 11) is 0. The molecule has 15 heavy (non-hydrogen) atoms. The summed E-state index contributed by atoms with van der Waals surface area (Å²) in [5, 5.41) is 8.63. The first kappa shape index (κ1) is 12.1. The van der Waals surface area contributed by atoms with Crippen molar-refractivity contribution in [3.05, 3.63) is 33.5 Å². The molecule has 1 atom stereocenters. The van der Waals surface area contributed by atoms with Crippen LogP contribution in [0.3, 0.4) is 0 Å². The molecule has 82 valence electrons. The number of halogens is 2. The first-order chi connectivity index (χ1) is 6.91. The van der Waals surface area contributed by atoms with E-state index in [0.29, 0.717) is 15.6 Å². The quantitative estimate of drug-likeness (QED) is 0.885. The lowest BCUT2D eigenvalue weighted by atomic mass is 10.0. The number of aryl methyl sites for hydroxylation is 1. The predicted octanol–water partition coefficient (Wildman–Crippen LogP) is 1.85. The molecule has 0 spiro atoms. The Morgan fingerprint density at radius 1 is 1.67 bits per heavy atom. The van der Waals surface area contributed by atoms with Crippen molar-refractivity contribution in [3.63, 3.8) is 0 Å². The minimum absolute atomic E-state index is 0.190. The van der Waals surface area contributed by atoms with Gasteiger partial charge in [0.1, 0.15) is 11.9 Å². The zero-order valence-corrected chi connectivity index (χ0v) is 9.71. The van der Waals surface area contributed by atoms with Crippen LogP contribution in [-0.4, -0.2) is 17.1 Å². The van der Waals surface area contributed by atoms with E-state index < -0.39 is 12.0 Å². The van der Waals surface area contributed by atoms with Crippen LogP contribution in [0.1, 0.15) is 11.1 Å². The van der Waals surface area contributed by atoms with Gasteiger partial charge in [-0.15, -0.1) is 0 Å². The molecule has 0 saturated carbocycles. The summed E-state index contributed by atoms with van der Waals surface area (Å²) in [6.07, 6.45) is 0.190. The van der Waals surface area contributed by atoms with Crippen LogP contribution in [-0.2, 0) is 11.2 Å². The largest absolute Gasteiger partial charge is 0.480 e. The van der Waals surface area contributed by atoms with Crippen molar-refractivity contribution in [2.45, 2.75) is 19.4 Å². The molecule has 0 amide bonds. The van der Waals surface area contributed by atoms with Gasteiger partial charge in [0.2, 0.25) is 0 Å². The van der Waals surface area contributed by atoms with Crippen molar-refractivity contribution >= 4 is 21.9 Å². The third kappa shape index (κ3) is 3.00. The van der Waals surface area contributed by atoms with Gasteiger partial charge in [-0.25, -0.2) is 4.39 Å². The number of hydrogen-bond acceptors (Lipinski definition) is 2. The second-order valence-corrected chi connectivity index (χ2v) is 4.21. The monoisotopic (exact) mass is 275 g/mol. The Bertz CT molecular complexity index is 372. The highest BCUT2D eigenvalue weighted by molar-refractivity contribution is 9.10. The molecule has 1 aromatic carbocycles. The van der Waals surface area contributed by atoms with Gasteiger partial charge < -0.3 is 10.8 Å². The van der Waals surface area contributed by atoms with Crippen LogP contribution in [0.25, 0.3) is 0 Å². The minimum Gasteiger partial charge on any atom is -0.480 e. The van der Waals surface area contributed by atoms with Crippen LogP contribution in [0.5, 0.6) is 0 Å². The van der Waals surface area contributed by atoms with Gasteiger partial charge in [0.15, 0.2) is 0 Å². The average Bonchev–Trinajstić information content (AvgIpc) is 2.13. The molecule has 0 aliphatic carbocycles. The summed E-state index contributed by atoms with van der Waals surface area (Å²) in [4.78, 5) is 10.5. The number of carboxylic acid groups (broad SMARTS) is 1. The molecule has 0 aliphatic heterocycles. The van der Waals surface area contributed by atoms with E-state index in [9.17, 15) is 9.18 Å². The second-order valence-electron chi connectivity index (χ2n) is 3.36. The summed E-state index contributed by atoms with van der Waals surface area (Å²) in [6, 6.07) is 2.19. The van der Waals surface area contributed by atoms with E-state index >= 15 is 0 Å². The maximum atomic E-state index is 13.2. The lowest BCUT2D eigenvalue weighted by Crippen LogP contribution is -2.32. The Morgan fingerprint density at radius 2 is 2.27 bits per heavy atom. The molecule has 0 saturated heterocycles. The van der Waals surface area contributed by atoms with Crippen LogP contribution in [0.4, 0.5) is 4.39 Å². The SMILES string of the molecule is Cc1cc(CC(N)C(=O)O)cc(Br)c1F. The molecular formula is C10H11BrFNO2. The fourth-order valence-electron chi connectivity index (χ4n) is 1.26. The number of carboxylic acids is 1. The lowest BCUT2D eigenvalue weighted by Gasteiger charge is -2.08. The maximum Gasteiger partial charge on any atom is 0.320 e. The van der Waals surface area contributed by atoms with Crippen LogP contribution in [0.15, 0.2) is 16.6 Å². The smallest absolute Gasteiger partial charge is 0.320 e. The summed E-state index contributed by atoms with van der Waals surface area (Å²) in [6.45, 7) is 1.62. The summed E-state index contributed by atoms with van der Waals surface area (Å²) in [5.41, 5.74) is 6.55. The number of nitrogens with two attached hydrogens (primary N) is 1. The van der Waals surface area contributed by atoms with Gasteiger partial charge in [0.25, 0.3) is 0 Å². The van der Waals surface area contributed by atoms with Gasteiger partial charge in [-0.1, -0.05) is 6.07 Å². The van der Waals surface area contributed by atoms with E-state index in [1.807, 2.05) is 0 Å². The highest BCUT2D eigenvalue weighted by Crippen LogP contribution is 2.21. The number of hydrogen-bond donors (Lipinski definition) is 2. The average molecular weight is 276 g/mol. The highest BCUT2D eigenvalue weighted by atomic mass is 79.9. The molecule has 0 aliphatic rings. The van der Waals surface area contributed by atoms with Gasteiger partial charge in [0.05, 0.1) is 4.47 Å². The second kappa shape index (κ2) is 4.72. The van der Waals surface area contributed by atoms with Crippen molar-refractivity contribution < 1.29 is 14.3 Å². The molecule has 1 aromatic rings. The maximum absolute atomic E-state index is 13.2. The lowest BCUT2D eigenvalue weighted by molar-refractivity contribution is -0.138. The zero-order valence-electron chi connectivity index (χ0n) is 8.13. The van der Waals surface area contributed by atoms with E-state index in [1.54, 1.807) is 19.1 Å². The van der Waals surface area contributed by atoms with Crippen molar-refractivity contribution in [1.29, 1.82) is 0 Å². The van der Waals surface area contributed by atoms with Crippen LogP contribution >= 0.6 is 15.9 Å². The molecule has 0 bridgehead atoms. The normalized spacial score (nSPS) is 12.5. The fourth-order valence-corrected chi connectivity index (χ4v) is 1.86. The minimum atomic E-state index is -1.06. The summed E-state index contributed by atoms with van der Waals surface area (Å²) >= 11 is 3.06. The summed E-state index contributed by atoms with van der Waals surface area (Å²) in [5.74, 6) is -1.39. The van der Waals surface area contributed by atoms with E-state index in [-0.39, 0.29) is 12.2 Å². The molecule has 3 N–H and O–H groups in total. The fraction of sp³-hybridized carbons (Fsp3) is 0.300. The first-order valence-electron chi connectivity index (χ1n) is 4.34.